The van der Waals surface area contributed by atoms with Crippen molar-refractivity contribution in [3.63, 3.8) is 0 Å². The number of benzene rings is 1. The predicted octanol–water partition coefficient (Wildman–Crippen LogP) is 2.24. The highest BCUT2D eigenvalue weighted by Gasteiger charge is 2.12. The Hall–Kier alpha value is -1.03. The summed E-state index contributed by atoms with van der Waals surface area (Å²) >= 11 is 1.52. The molecule has 1 aromatic carbocycles. The van der Waals surface area contributed by atoms with Crippen LogP contribution in [-0.4, -0.2) is 28.2 Å². The second kappa shape index (κ2) is 7.28. The predicted molar refractivity (Wildman–Crippen MR) is 68.5 cm³/mol. The van der Waals surface area contributed by atoms with Gasteiger partial charge in [0.25, 0.3) is 0 Å². The van der Waals surface area contributed by atoms with E-state index in [0.29, 0.717) is 5.75 Å². The molecule has 0 bridgehead atoms. The Morgan fingerprint density at radius 2 is 1.94 bits per heavy atom. The molecule has 0 amide bonds. The number of hydrogen-bond donors (Lipinski definition) is 2. The van der Waals surface area contributed by atoms with E-state index < -0.39 is 12.2 Å². The molecule has 2 N–H and O–H groups in total. The Kier molecular flexibility index (Phi) is 5.93. The fourth-order valence-electron chi connectivity index (χ4n) is 1.12. The Labute approximate surface area is 100 Å². The third kappa shape index (κ3) is 4.66. The Morgan fingerprint density at radius 1 is 1.25 bits per heavy atom. The number of thioether (sulfide) groups is 1. The number of aliphatic hydroxyl groups excluding tert-OH is 2. The maximum absolute atomic E-state index is 9.65. The van der Waals surface area contributed by atoms with Crippen molar-refractivity contribution in [3.05, 3.63) is 55.1 Å². The van der Waals surface area contributed by atoms with Crippen molar-refractivity contribution >= 4 is 11.8 Å². The van der Waals surface area contributed by atoms with Gasteiger partial charge in [0.1, 0.15) is 0 Å². The Bertz CT molecular complexity index is 335. The molecule has 0 aliphatic rings. The van der Waals surface area contributed by atoms with Crippen LogP contribution < -0.4 is 0 Å². The van der Waals surface area contributed by atoms with E-state index in [9.17, 15) is 10.2 Å². The standard InChI is InChI=1S/C13H16O2S/c1-2-3-9-12(14)13(15)10-16-11-7-5-4-6-8-11/h2-9,12-15H,1,10H2/b9-3+/t12-,13-/m1/s1. The van der Waals surface area contributed by atoms with Crippen LogP contribution in [0.2, 0.25) is 0 Å². The third-order valence-corrected chi connectivity index (χ3v) is 3.12. The minimum absolute atomic E-state index is 0.465. The largest absolute Gasteiger partial charge is 0.389 e. The highest BCUT2D eigenvalue weighted by atomic mass is 32.2. The van der Waals surface area contributed by atoms with E-state index in [4.69, 9.17) is 0 Å². The quantitative estimate of drug-likeness (QED) is 0.588. The molecule has 0 radical (unpaired) electrons. The van der Waals surface area contributed by atoms with Crippen molar-refractivity contribution in [1.82, 2.24) is 0 Å². The summed E-state index contributed by atoms with van der Waals surface area (Å²) in [4.78, 5) is 1.08. The van der Waals surface area contributed by atoms with Crippen LogP contribution in [0, 0.1) is 0 Å². The van der Waals surface area contributed by atoms with E-state index in [-0.39, 0.29) is 0 Å². The lowest BCUT2D eigenvalue weighted by Gasteiger charge is -2.13. The van der Waals surface area contributed by atoms with Gasteiger partial charge in [-0.25, -0.2) is 0 Å². The first-order chi connectivity index (χ1) is 7.74. The first-order valence-corrected chi connectivity index (χ1v) is 6.06. The first kappa shape index (κ1) is 13.0. The van der Waals surface area contributed by atoms with Gasteiger partial charge in [-0.3, -0.25) is 0 Å². The summed E-state index contributed by atoms with van der Waals surface area (Å²) in [5.74, 6) is 0.465. The van der Waals surface area contributed by atoms with Crippen LogP contribution in [0.15, 0.2) is 60.0 Å². The zero-order valence-electron chi connectivity index (χ0n) is 8.99. The molecular formula is C13H16O2S. The van der Waals surface area contributed by atoms with Gasteiger partial charge in [-0.15, -0.1) is 11.8 Å². The smallest absolute Gasteiger partial charge is 0.0991 e. The summed E-state index contributed by atoms with van der Waals surface area (Å²) in [7, 11) is 0. The minimum Gasteiger partial charge on any atom is -0.389 e. The Balaban J connectivity index is 2.37. The molecule has 0 aromatic heterocycles. The zero-order chi connectivity index (χ0) is 11.8. The molecule has 3 heteroatoms. The molecule has 0 aliphatic heterocycles. The average molecular weight is 236 g/mol. The topological polar surface area (TPSA) is 40.5 Å². The fourth-order valence-corrected chi connectivity index (χ4v) is 2.03. The lowest BCUT2D eigenvalue weighted by molar-refractivity contribution is 0.0651. The molecule has 0 saturated carbocycles. The van der Waals surface area contributed by atoms with Crippen molar-refractivity contribution in [3.8, 4) is 0 Å². The van der Waals surface area contributed by atoms with Crippen molar-refractivity contribution in [2.75, 3.05) is 5.75 Å². The van der Waals surface area contributed by atoms with Crippen LogP contribution in [0.1, 0.15) is 0 Å². The van der Waals surface area contributed by atoms with Crippen LogP contribution in [-0.2, 0) is 0 Å². The average Bonchev–Trinajstić information content (AvgIpc) is 2.34. The second-order valence-corrected chi connectivity index (χ2v) is 4.40. The molecule has 0 unspecified atom stereocenters. The summed E-state index contributed by atoms with van der Waals surface area (Å²) in [5.41, 5.74) is 0. The van der Waals surface area contributed by atoms with Crippen LogP contribution in [0.3, 0.4) is 0 Å². The maximum Gasteiger partial charge on any atom is 0.0991 e. The van der Waals surface area contributed by atoms with Gasteiger partial charge >= 0.3 is 0 Å². The summed E-state index contributed by atoms with van der Waals surface area (Å²) in [6.07, 6.45) is 3.13. The summed E-state index contributed by atoms with van der Waals surface area (Å²) < 4.78 is 0. The summed E-state index contributed by atoms with van der Waals surface area (Å²) in [6.45, 7) is 3.50. The van der Waals surface area contributed by atoms with Crippen molar-refractivity contribution in [2.24, 2.45) is 0 Å². The first-order valence-electron chi connectivity index (χ1n) is 5.07. The molecule has 0 aliphatic carbocycles. The lowest BCUT2D eigenvalue weighted by Crippen LogP contribution is -2.25. The number of rotatable bonds is 6. The van der Waals surface area contributed by atoms with E-state index in [2.05, 4.69) is 6.58 Å². The van der Waals surface area contributed by atoms with Crippen molar-refractivity contribution < 1.29 is 10.2 Å². The monoisotopic (exact) mass is 236 g/mol. The third-order valence-electron chi connectivity index (χ3n) is 2.00. The molecule has 16 heavy (non-hydrogen) atoms. The summed E-state index contributed by atoms with van der Waals surface area (Å²) in [6, 6.07) is 9.79. The zero-order valence-corrected chi connectivity index (χ0v) is 9.81. The molecule has 0 spiro atoms. The van der Waals surface area contributed by atoms with Crippen molar-refractivity contribution in [1.29, 1.82) is 0 Å². The molecular weight excluding hydrogens is 220 g/mol. The maximum atomic E-state index is 9.65. The lowest BCUT2D eigenvalue weighted by atomic mass is 10.2. The van der Waals surface area contributed by atoms with Crippen LogP contribution >= 0.6 is 11.8 Å². The van der Waals surface area contributed by atoms with Gasteiger partial charge in [0.05, 0.1) is 12.2 Å². The van der Waals surface area contributed by atoms with Crippen LogP contribution in [0.25, 0.3) is 0 Å². The molecule has 1 rings (SSSR count). The fraction of sp³-hybridized carbons (Fsp3) is 0.231. The van der Waals surface area contributed by atoms with E-state index >= 15 is 0 Å². The second-order valence-electron chi connectivity index (χ2n) is 3.30. The van der Waals surface area contributed by atoms with Crippen molar-refractivity contribution in [2.45, 2.75) is 17.1 Å². The van der Waals surface area contributed by atoms with Crippen LogP contribution in [0.5, 0.6) is 0 Å². The van der Waals surface area contributed by atoms with Gasteiger partial charge in [-0.05, 0) is 12.1 Å². The molecule has 0 heterocycles. The molecule has 86 valence electrons. The van der Waals surface area contributed by atoms with Crippen LogP contribution in [0.4, 0.5) is 0 Å². The molecule has 1 aromatic rings. The van der Waals surface area contributed by atoms with E-state index in [1.54, 1.807) is 12.2 Å². The molecule has 2 nitrogen and oxygen atoms in total. The number of allylic oxidation sites excluding steroid dienone is 2. The number of hydrogen-bond acceptors (Lipinski definition) is 3. The van der Waals surface area contributed by atoms with Gasteiger partial charge in [0, 0.05) is 10.6 Å². The van der Waals surface area contributed by atoms with E-state index in [0.717, 1.165) is 4.90 Å². The van der Waals surface area contributed by atoms with Gasteiger partial charge in [-0.1, -0.05) is 43.0 Å². The SMILES string of the molecule is C=C/C=C/[C@@H](O)[C@H](O)CSc1ccccc1. The van der Waals surface area contributed by atoms with Gasteiger partial charge in [0.15, 0.2) is 0 Å². The number of aliphatic hydroxyl groups is 2. The van der Waals surface area contributed by atoms with Gasteiger partial charge in [-0.2, -0.15) is 0 Å². The molecule has 2 atom stereocenters. The Morgan fingerprint density at radius 3 is 2.56 bits per heavy atom. The highest BCUT2D eigenvalue weighted by molar-refractivity contribution is 7.99. The van der Waals surface area contributed by atoms with E-state index in [1.807, 2.05) is 30.3 Å². The summed E-state index contributed by atoms with van der Waals surface area (Å²) in [5, 5.41) is 19.2. The minimum atomic E-state index is -0.839. The highest BCUT2D eigenvalue weighted by Crippen LogP contribution is 2.18. The normalized spacial score (nSPS) is 14.9. The van der Waals surface area contributed by atoms with Gasteiger partial charge in [0.2, 0.25) is 0 Å². The van der Waals surface area contributed by atoms with E-state index in [1.165, 1.54) is 17.8 Å². The van der Waals surface area contributed by atoms with Gasteiger partial charge < -0.3 is 10.2 Å². The molecule has 0 saturated heterocycles. The molecule has 0 fully saturated rings.